The summed E-state index contributed by atoms with van der Waals surface area (Å²) in [7, 11) is -4.25. The smallest absolute Gasteiger partial charge is 0.399 e. The lowest BCUT2D eigenvalue weighted by Crippen LogP contribution is -2.00. The number of rotatable bonds is 4. The van der Waals surface area contributed by atoms with Gasteiger partial charge in [0.1, 0.15) is 11.5 Å². The van der Waals surface area contributed by atoms with E-state index in [1.54, 1.807) is 24.3 Å². The topological polar surface area (TPSA) is 108 Å². The normalized spacial score (nSPS) is 9.95. The van der Waals surface area contributed by atoms with E-state index >= 15 is 0 Å². The molecule has 0 amide bonds. The molecule has 0 aliphatic heterocycles. The number of hydrogen-bond acceptors (Lipinski definition) is 5. The lowest BCUT2D eigenvalue weighted by molar-refractivity contribution is 0.291. The maximum Gasteiger partial charge on any atom is 0.584 e. The molecular weight excluding hydrogens is 338 g/mol. The average molecular weight is 353 g/mol. The second-order valence-corrected chi connectivity index (χ2v) is 5.09. The van der Waals surface area contributed by atoms with Crippen LogP contribution < -0.4 is 20.5 Å². The van der Waals surface area contributed by atoms with E-state index in [9.17, 15) is 9.46 Å². The van der Waals surface area contributed by atoms with Crippen LogP contribution in [0.1, 0.15) is 0 Å². The molecule has 9 heteroatoms. The van der Waals surface area contributed by atoms with Gasteiger partial charge in [0.25, 0.3) is 0 Å². The van der Waals surface area contributed by atoms with E-state index < -0.39 is 7.82 Å². The Bertz CT molecular complexity index is 556. The summed E-state index contributed by atoms with van der Waals surface area (Å²) in [6.45, 7) is 0. The fourth-order valence-electron chi connectivity index (χ4n) is 1.34. The molecule has 0 fully saturated rings. The predicted molar refractivity (Wildman–Crippen MR) is 87.3 cm³/mol. The fraction of sp³-hybridized carbons (Fsp3) is 0. The fourth-order valence-corrected chi connectivity index (χ4v) is 2.16. The van der Waals surface area contributed by atoms with Crippen molar-refractivity contribution in [3.63, 3.8) is 0 Å². The first-order valence-corrected chi connectivity index (χ1v) is 6.87. The van der Waals surface area contributed by atoms with E-state index in [0.29, 0.717) is 11.4 Å². The summed E-state index contributed by atoms with van der Waals surface area (Å²) < 4.78 is 21.6. The lowest BCUT2D eigenvalue weighted by Gasteiger charge is -2.13. The van der Waals surface area contributed by atoms with Crippen molar-refractivity contribution in [2.24, 2.45) is 0 Å². The summed E-state index contributed by atoms with van der Waals surface area (Å²) >= 11 is 0. The second-order valence-electron chi connectivity index (χ2n) is 3.79. The minimum atomic E-state index is -4.25. The summed E-state index contributed by atoms with van der Waals surface area (Å²) in [5, 5.41) is 0. The first kappa shape index (κ1) is 19.4. The van der Waals surface area contributed by atoms with E-state index in [1.165, 1.54) is 24.3 Å². The average Bonchev–Trinajstić information content (AvgIpc) is 2.34. The molecule has 5 N–H and O–H groups in total. The van der Waals surface area contributed by atoms with Crippen molar-refractivity contribution in [1.82, 2.24) is 0 Å². The quantitative estimate of drug-likeness (QED) is 0.575. The molecule has 0 radical (unpaired) electrons. The van der Waals surface area contributed by atoms with E-state index in [1.807, 2.05) is 0 Å². The number of benzene rings is 2. The second kappa shape index (κ2) is 8.00. The van der Waals surface area contributed by atoms with Gasteiger partial charge in [-0.25, -0.2) is 4.57 Å². The molecule has 0 aromatic heterocycles. The molecule has 2 aromatic carbocycles. The molecule has 0 atom stereocenters. The Morgan fingerprint density at radius 2 is 1.05 bits per heavy atom. The van der Waals surface area contributed by atoms with Gasteiger partial charge in [-0.1, -0.05) is 0 Å². The van der Waals surface area contributed by atoms with Gasteiger partial charge in [-0.15, -0.1) is 24.8 Å². The Kier molecular flexibility index (Phi) is 7.39. The van der Waals surface area contributed by atoms with Gasteiger partial charge < -0.3 is 20.5 Å². The number of nitrogens with two attached hydrogens (primary N) is 2. The van der Waals surface area contributed by atoms with Gasteiger partial charge >= 0.3 is 7.82 Å². The molecule has 2 aromatic rings. The standard InChI is InChI=1S/C12H13N2O4P.2ClH/c13-9-1-5-11(6-2-9)17-19(15,16)18-12-7-3-10(14)4-8-12;;/h1-8H,13-14H2,(H,15,16);2*1H. The van der Waals surface area contributed by atoms with Gasteiger partial charge in [-0.3, -0.25) is 4.89 Å². The summed E-state index contributed by atoms with van der Waals surface area (Å²) in [5.41, 5.74) is 12.1. The van der Waals surface area contributed by atoms with E-state index in [-0.39, 0.29) is 36.3 Å². The Balaban J connectivity index is 0.00000200. The minimum Gasteiger partial charge on any atom is -0.399 e. The van der Waals surface area contributed by atoms with Crippen molar-refractivity contribution in [2.75, 3.05) is 11.5 Å². The zero-order valence-electron chi connectivity index (χ0n) is 10.7. The largest absolute Gasteiger partial charge is 0.584 e. The third-order valence-electron chi connectivity index (χ3n) is 2.20. The maximum absolute atomic E-state index is 11.8. The molecule has 2 rings (SSSR count). The third kappa shape index (κ3) is 6.14. The van der Waals surface area contributed by atoms with Crippen LogP contribution in [0, 0.1) is 0 Å². The van der Waals surface area contributed by atoms with Crippen molar-refractivity contribution in [1.29, 1.82) is 0 Å². The molecule has 0 saturated heterocycles. The van der Waals surface area contributed by atoms with E-state index in [2.05, 4.69) is 0 Å². The van der Waals surface area contributed by atoms with E-state index in [0.717, 1.165) is 0 Å². The van der Waals surface area contributed by atoms with Crippen LogP contribution in [0.25, 0.3) is 0 Å². The Morgan fingerprint density at radius 1 is 0.762 bits per heavy atom. The van der Waals surface area contributed by atoms with Crippen molar-refractivity contribution >= 4 is 44.0 Å². The first-order valence-electron chi connectivity index (χ1n) is 5.38. The Labute approximate surface area is 134 Å². The highest BCUT2D eigenvalue weighted by molar-refractivity contribution is 7.48. The first-order chi connectivity index (χ1) is 8.94. The van der Waals surface area contributed by atoms with Crippen molar-refractivity contribution < 1.29 is 18.5 Å². The zero-order valence-corrected chi connectivity index (χ0v) is 13.2. The van der Waals surface area contributed by atoms with Gasteiger partial charge in [0.2, 0.25) is 0 Å². The molecule has 21 heavy (non-hydrogen) atoms. The molecule has 0 aliphatic carbocycles. The number of hydrogen-bond donors (Lipinski definition) is 3. The lowest BCUT2D eigenvalue weighted by atomic mass is 10.3. The molecule has 0 saturated carbocycles. The SMILES string of the molecule is Cl.Cl.Nc1ccc(OP(=O)(O)Oc2ccc(N)cc2)cc1. The van der Waals surface area contributed by atoms with Gasteiger partial charge in [-0.2, -0.15) is 0 Å². The maximum atomic E-state index is 11.8. The number of halogens is 2. The molecule has 0 bridgehead atoms. The summed E-state index contributed by atoms with van der Waals surface area (Å²) in [4.78, 5) is 9.61. The van der Waals surface area contributed by atoms with Crippen LogP contribution in [-0.2, 0) is 4.57 Å². The molecule has 0 aliphatic rings. The zero-order chi connectivity index (χ0) is 13.9. The number of phosphoric acid groups is 1. The van der Waals surface area contributed by atoms with Crippen LogP contribution in [0.3, 0.4) is 0 Å². The summed E-state index contributed by atoms with van der Waals surface area (Å²) in [5.74, 6) is 0.381. The van der Waals surface area contributed by atoms with Crippen LogP contribution in [0.4, 0.5) is 11.4 Å². The van der Waals surface area contributed by atoms with Crippen LogP contribution >= 0.6 is 32.6 Å². The van der Waals surface area contributed by atoms with Crippen molar-refractivity contribution in [2.45, 2.75) is 0 Å². The number of anilines is 2. The van der Waals surface area contributed by atoms with Crippen LogP contribution in [0.5, 0.6) is 11.5 Å². The monoisotopic (exact) mass is 352 g/mol. The van der Waals surface area contributed by atoms with Crippen molar-refractivity contribution in [3.05, 3.63) is 48.5 Å². The highest BCUT2D eigenvalue weighted by atomic mass is 35.5. The summed E-state index contributed by atoms with van der Waals surface area (Å²) in [6, 6.07) is 12.1. The molecule has 0 heterocycles. The molecule has 0 spiro atoms. The van der Waals surface area contributed by atoms with Gasteiger partial charge in [0.15, 0.2) is 0 Å². The highest BCUT2D eigenvalue weighted by Crippen LogP contribution is 2.44. The Hall–Kier alpha value is -1.59. The predicted octanol–water partition coefficient (Wildman–Crippen LogP) is 3.25. The third-order valence-corrected chi connectivity index (χ3v) is 3.08. The molecule has 116 valence electrons. The molecule has 0 unspecified atom stereocenters. The van der Waals surface area contributed by atoms with Gasteiger partial charge in [0, 0.05) is 11.4 Å². The van der Waals surface area contributed by atoms with Crippen LogP contribution in [-0.4, -0.2) is 4.89 Å². The number of nitrogen functional groups attached to an aromatic ring is 2. The summed E-state index contributed by atoms with van der Waals surface area (Å²) in [6.07, 6.45) is 0. The van der Waals surface area contributed by atoms with Gasteiger partial charge in [-0.05, 0) is 48.5 Å². The van der Waals surface area contributed by atoms with Crippen LogP contribution in [0.2, 0.25) is 0 Å². The molecule has 6 nitrogen and oxygen atoms in total. The minimum absolute atomic E-state index is 0. The highest BCUT2D eigenvalue weighted by Gasteiger charge is 2.24. The van der Waals surface area contributed by atoms with Crippen molar-refractivity contribution in [3.8, 4) is 11.5 Å². The molecular formula is C12H15Cl2N2O4P. The van der Waals surface area contributed by atoms with E-state index in [4.69, 9.17) is 20.5 Å². The Morgan fingerprint density at radius 3 is 1.33 bits per heavy atom. The van der Waals surface area contributed by atoms with Crippen LogP contribution in [0.15, 0.2) is 48.5 Å². The van der Waals surface area contributed by atoms with Gasteiger partial charge in [0.05, 0.1) is 0 Å². The number of phosphoric ester groups is 1.